The monoisotopic (exact) mass is 391 g/mol. The van der Waals surface area contributed by atoms with E-state index in [2.05, 4.69) is 26.1 Å². The first-order valence-corrected chi connectivity index (χ1v) is 10.2. The summed E-state index contributed by atoms with van der Waals surface area (Å²) in [5.41, 5.74) is 0.926. The summed E-state index contributed by atoms with van der Waals surface area (Å²) in [7, 11) is 0. The molecule has 3 N–H and O–H groups in total. The molecule has 0 radical (unpaired) electrons. The number of aromatic nitrogens is 2. The van der Waals surface area contributed by atoms with Crippen LogP contribution in [0.15, 0.2) is 34.7 Å². The largest absolute Gasteiger partial charge is 0.335 e. The molecule has 0 bridgehead atoms. The first-order chi connectivity index (χ1) is 12.6. The zero-order valence-electron chi connectivity index (χ0n) is 14.4. The summed E-state index contributed by atoms with van der Waals surface area (Å²) < 4.78 is 0.669. The third-order valence-corrected chi connectivity index (χ3v) is 6.03. The molecule has 3 amide bonds. The summed E-state index contributed by atoms with van der Waals surface area (Å²) in [6, 6.07) is 9.44. The van der Waals surface area contributed by atoms with Crippen LogP contribution in [0.4, 0.5) is 15.6 Å². The molecule has 3 rings (SSSR count). The third kappa shape index (κ3) is 5.43. The van der Waals surface area contributed by atoms with Crippen molar-refractivity contribution in [2.24, 2.45) is 0 Å². The van der Waals surface area contributed by atoms with E-state index in [0.717, 1.165) is 31.4 Å². The fraction of sp³-hybridized carbons (Fsp3) is 0.412. The van der Waals surface area contributed by atoms with Crippen LogP contribution < -0.4 is 16.0 Å². The number of hydrogen-bond acceptors (Lipinski definition) is 7. The molecule has 1 aromatic carbocycles. The first-order valence-electron chi connectivity index (χ1n) is 8.54. The minimum atomic E-state index is -0.443. The van der Waals surface area contributed by atoms with Gasteiger partial charge >= 0.3 is 6.03 Å². The van der Waals surface area contributed by atoms with Crippen molar-refractivity contribution in [3.63, 3.8) is 0 Å². The van der Waals surface area contributed by atoms with E-state index in [-0.39, 0.29) is 11.9 Å². The Hall–Kier alpha value is -2.13. The Bertz CT molecular complexity index is 747. The van der Waals surface area contributed by atoms with Gasteiger partial charge in [-0.15, -0.1) is 10.2 Å². The van der Waals surface area contributed by atoms with Gasteiger partial charge in [0.05, 0.1) is 5.25 Å². The van der Waals surface area contributed by atoms with E-state index in [1.807, 2.05) is 30.3 Å². The van der Waals surface area contributed by atoms with Crippen molar-refractivity contribution in [2.75, 3.05) is 5.32 Å². The van der Waals surface area contributed by atoms with Crippen LogP contribution in [0.3, 0.4) is 0 Å². The Morgan fingerprint density at radius 1 is 1.19 bits per heavy atom. The number of para-hydroxylation sites is 1. The number of benzene rings is 1. The van der Waals surface area contributed by atoms with Crippen LogP contribution in [0, 0.1) is 0 Å². The second-order valence-electron chi connectivity index (χ2n) is 6.07. The predicted molar refractivity (Wildman–Crippen MR) is 104 cm³/mol. The van der Waals surface area contributed by atoms with Crippen LogP contribution in [-0.4, -0.2) is 33.4 Å². The van der Waals surface area contributed by atoms with Crippen molar-refractivity contribution in [3.8, 4) is 0 Å². The first kappa shape index (κ1) is 18.7. The van der Waals surface area contributed by atoms with E-state index < -0.39 is 11.3 Å². The Kier molecular flexibility index (Phi) is 6.45. The highest BCUT2D eigenvalue weighted by atomic mass is 32.2. The number of amides is 3. The number of anilines is 2. The van der Waals surface area contributed by atoms with Gasteiger partial charge in [0.1, 0.15) is 0 Å². The Labute approximate surface area is 160 Å². The second-order valence-corrected chi connectivity index (χ2v) is 8.63. The van der Waals surface area contributed by atoms with Crippen molar-refractivity contribution < 1.29 is 9.59 Å². The quantitative estimate of drug-likeness (QED) is 0.652. The van der Waals surface area contributed by atoms with Crippen molar-refractivity contribution in [2.45, 2.75) is 48.2 Å². The molecular weight excluding hydrogens is 370 g/mol. The molecular formula is C17H21N5O2S2. The smallest absolute Gasteiger partial charge is 0.321 e. The van der Waals surface area contributed by atoms with Crippen LogP contribution in [0.25, 0.3) is 0 Å². The number of imide groups is 1. The maximum Gasteiger partial charge on any atom is 0.321 e. The molecule has 7 nitrogen and oxygen atoms in total. The fourth-order valence-corrected chi connectivity index (χ4v) is 4.58. The number of carbonyl (C=O) groups excluding carboxylic acids is 2. The predicted octanol–water partition coefficient (Wildman–Crippen LogP) is 3.53. The molecule has 1 aliphatic rings. The number of carbonyl (C=O) groups is 2. The molecule has 2 aromatic rings. The van der Waals surface area contributed by atoms with E-state index in [9.17, 15) is 9.59 Å². The van der Waals surface area contributed by atoms with E-state index in [4.69, 9.17) is 0 Å². The minimum absolute atomic E-state index is 0.181. The van der Waals surface area contributed by atoms with Crippen LogP contribution >= 0.6 is 23.1 Å². The molecule has 1 atom stereocenters. The molecule has 1 aromatic heterocycles. The van der Waals surface area contributed by atoms with Gasteiger partial charge in [-0.1, -0.05) is 54.1 Å². The van der Waals surface area contributed by atoms with Crippen molar-refractivity contribution in [1.82, 2.24) is 20.8 Å². The highest BCUT2D eigenvalue weighted by Gasteiger charge is 2.22. The van der Waals surface area contributed by atoms with Gasteiger partial charge in [-0.3, -0.25) is 10.1 Å². The highest BCUT2D eigenvalue weighted by Crippen LogP contribution is 2.30. The lowest BCUT2D eigenvalue weighted by Gasteiger charge is -2.14. The fourth-order valence-electron chi connectivity index (χ4n) is 2.66. The molecule has 1 saturated carbocycles. The lowest BCUT2D eigenvalue weighted by Crippen LogP contribution is -2.45. The maximum atomic E-state index is 12.2. The zero-order valence-corrected chi connectivity index (χ0v) is 16.0. The van der Waals surface area contributed by atoms with Crippen molar-refractivity contribution in [3.05, 3.63) is 30.3 Å². The summed E-state index contributed by atoms with van der Waals surface area (Å²) in [6.07, 6.45) is 4.21. The van der Waals surface area contributed by atoms with Crippen molar-refractivity contribution >= 4 is 45.9 Å². The lowest BCUT2D eigenvalue weighted by molar-refractivity contribution is -0.119. The standard InChI is InChI=1S/C17H21N5O2S2/c1-11(14(23)20-15(24)18-12-9-5-6-10-12)25-17-22-21-16(26-17)19-13-7-3-2-4-8-13/h2-4,7-8,11-12H,5-6,9-10H2,1H3,(H,19,21)(H2,18,20,23,24)/t11-/m1/s1. The number of thioether (sulfide) groups is 1. The molecule has 0 saturated heterocycles. The number of nitrogens with one attached hydrogen (secondary N) is 3. The van der Waals surface area contributed by atoms with Crippen LogP contribution in [0.2, 0.25) is 0 Å². The summed E-state index contributed by atoms with van der Waals surface area (Å²) in [5.74, 6) is -0.335. The number of hydrogen-bond donors (Lipinski definition) is 3. The molecule has 9 heteroatoms. The lowest BCUT2D eigenvalue weighted by atomic mass is 10.2. The number of nitrogens with zero attached hydrogens (tertiary/aromatic N) is 2. The third-order valence-electron chi connectivity index (χ3n) is 4.01. The SMILES string of the molecule is C[C@@H](Sc1nnc(Nc2ccccc2)s1)C(=O)NC(=O)NC1CCCC1. The Balaban J connectivity index is 1.47. The molecule has 0 unspecified atom stereocenters. The second kappa shape index (κ2) is 9.00. The van der Waals surface area contributed by atoms with Gasteiger partial charge in [0, 0.05) is 11.7 Å². The van der Waals surface area contributed by atoms with Gasteiger partial charge in [0.2, 0.25) is 11.0 Å². The maximum absolute atomic E-state index is 12.2. The minimum Gasteiger partial charge on any atom is -0.335 e. The summed E-state index contributed by atoms with van der Waals surface area (Å²) >= 11 is 2.65. The van der Waals surface area contributed by atoms with Gasteiger partial charge in [-0.25, -0.2) is 4.79 Å². The molecule has 138 valence electrons. The molecule has 1 aliphatic carbocycles. The molecule has 1 heterocycles. The summed E-state index contributed by atoms with van der Waals surface area (Å²) in [5, 5.41) is 16.8. The van der Waals surface area contributed by atoms with Gasteiger partial charge in [0.25, 0.3) is 0 Å². The normalized spacial score (nSPS) is 15.4. The number of urea groups is 1. The van der Waals surface area contributed by atoms with Crippen molar-refractivity contribution in [1.29, 1.82) is 0 Å². The zero-order chi connectivity index (χ0) is 18.4. The topological polar surface area (TPSA) is 96.0 Å². The van der Waals surface area contributed by atoms with Gasteiger partial charge in [-0.2, -0.15) is 0 Å². The van der Waals surface area contributed by atoms with Gasteiger partial charge in [0.15, 0.2) is 4.34 Å². The average molecular weight is 392 g/mol. The summed E-state index contributed by atoms with van der Waals surface area (Å²) in [4.78, 5) is 24.1. The molecule has 0 spiro atoms. The Morgan fingerprint density at radius 3 is 2.65 bits per heavy atom. The molecule has 1 fully saturated rings. The Morgan fingerprint density at radius 2 is 1.92 bits per heavy atom. The molecule has 26 heavy (non-hydrogen) atoms. The van der Waals surface area contributed by atoms with Gasteiger partial charge < -0.3 is 10.6 Å². The molecule has 0 aliphatic heterocycles. The van der Waals surface area contributed by atoms with Crippen LogP contribution in [0.5, 0.6) is 0 Å². The summed E-state index contributed by atoms with van der Waals surface area (Å²) in [6.45, 7) is 1.74. The van der Waals surface area contributed by atoms with Crippen LogP contribution in [-0.2, 0) is 4.79 Å². The number of rotatable bonds is 6. The van der Waals surface area contributed by atoms with E-state index in [0.29, 0.717) is 9.47 Å². The average Bonchev–Trinajstić information content (AvgIpc) is 3.28. The van der Waals surface area contributed by atoms with E-state index in [1.54, 1.807) is 6.92 Å². The van der Waals surface area contributed by atoms with Crippen LogP contribution in [0.1, 0.15) is 32.6 Å². The van der Waals surface area contributed by atoms with Gasteiger partial charge in [-0.05, 0) is 31.9 Å². The van der Waals surface area contributed by atoms with E-state index in [1.165, 1.54) is 23.1 Å². The van der Waals surface area contributed by atoms with E-state index >= 15 is 0 Å². The highest BCUT2D eigenvalue weighted by molar-refractivity contribution is 8.02.